The summed E-state index contributed by atoms with van der Waals surface area (Å²) in [5, 5.41) is 4.91. The standard InChI is InChI=1S/C20H22ClN3O2/c1-3-7-16(15(2)21)13-23-10-11-24-19(20(23)25)12-17(22-24)14-26-18-8-5-4-6-9-18/h3-5,7-8,12H,1-2,6,9-11,13-14H2/b16-7-. The summed E-state index contributed by atoms with van der Waals surface area (Å²) in [4.78, 5) is 14.5. The Morgan fingerprint density at radius 2 is 2.27 bits per heavy atom. The summed E-state index contributed by atoms with van der Waals surface area (Å²) in [6, 6.07) is 1.81. The third kappa shape index (κ3) is 4.17. The van der Waals surface area contributed by atoms with Gasteiger partial charge in [-0.3, -0.25) is 9.48 Å². The molecule has 6 heteroatoms. The number of rotatable bonds is 7. The fourth-order valence-corrected chi connectivity index (χ4v) is 3.08. The smallest absolute Gasteiger partial charge is 0.272 e. The van der Waals surface area contributed by atoms with Gasteiger partial charge in [-0.25, -0.2) is 0 Å². The molecule has 1 amide bonds. The number of allylic oxidation sites excluding steroid dienone is 6. The molecule has 5 nitrogen and oxygen atoms in total. The van der Waals surface area contributed by atoms with Crippen LogP contribution in [0, 0.1) is 0 Å². The Hall–Kier alpha value is -2.53. The largest absolute Gasteiger partial charge is 0.492 e. The summed E-state index contributed by atoms with van der Waals surface area (Å²) in [7, 11) is 0. The van der Waals surface area contributed by atoms with Gasteiger partial charge in [-0.15, -0.1) is 0 Å². The van der Waals surface area contributed by atoms with Crippen LogP contribution in [0.1, 0.15) is 29.0 Å². The van der Waals surface area contributed by atoms with Crippen LogP contribution in [0.3, 0.4) is 0 Å². The van der Waals surface area contributed by atoms with Gasteiger partial charge in [0.15, 0.2) is 0 Å². The van der Waals surface area contributed by atoms with Crippen LogP contribution in [0.15, 0.2) is 66.0 Å². The third-order valence-corrected chi connectivity index (χ3v) is 4.57. The number of hydrogen-bond donors (Lipinski definition) is 0. The summed E-state index contributed by atoms with van der Waals surface area (Å²) < 4.78 is 7.55. The number of ether oxygens (including phenoxy) is 1. The highest BCUT2D eigenvalue weighted by molar-refractivity contribution is 6.31. The minimum absolute atomic E-state index is 0.0669. The molecule has 0 unspecified atom stereocenters. The molecule has 2 heterocycles. The lowest BCUT2D eigenvalue weighted by Crippen LogP contribution is -2.41. The van der Waals surface area contributed by atoms with Crippen LogP contribution >= 0.6 is 11.6 Å². The Kier molecular flexibility index (Phi) is 5.78. The third-order valence-electron chi connectivity index (χ3n) is 4.33. The van der Waals surface area contributed by atoms with Gasteiger partial charge in [-0.1, -0.05) is 49.1 Å². The molecule has 1 aliphatic carbocycles. The summed E-state index contributed by atoms with van der Waals surface area (Å²) in [5.41, 5.74) is 2.11. The van der Waals surface area contributed by atoms with E-state index in [1.165, 1.54) is 0 Å². The lowest BCUT2D eigenvalue weighted by atomic mass is 10.2. The second-order valence-corrected chi connectivity index (χ2v) is 6.65. The van der Waals surface area contributed by atoms with Crippen molar-refractivity contribution in [1.29, 1.82) is 0 Å². The molecule has 136 valence electrons. The molecule has 1 aromatic rings. The van der Waals surface area contributed by atoms with Gasteiger partial charge in [0.1, 0.15) is 18.0 Å². The molecule has 0 saturated heterocycles. The first-order valence-corrected chi connectivity index (χ1v) is 8.97. The van der Waals surface area contributed by atoms with Crippen molar-refractivity contribution in [1.82, 2.24) is 14.7 Å². The Morgan fingerprint density at radius 1 is 1.42 bits per heavy atom. The highest BCUT2D eigenvalue weighted by Gasteiger charge is 2.27. The molecule has 0 saturated carbocycles. The van der Waals surface area contributed by atoms with Crippen LogP contribution in [0.25, 0.3) is 0 Å². The molecule has 0 fully saturated rings. The summed E-state index contributed by atoms with van der Waals surface area (Å²) in [6.45, 7) is 9.41. The van der Waals surface area contributed by atoms with Crippen molar-refractivity contribution >= 4 is 17.5 Å². The van der Waals surface area contributed by atoms with E-state index in [0.29, 0.717) is 37.0 Å². The number of nitrogens with zero attached hydrogens (tertiary/aromatic N) is 3. The zero-order valence-corrected chi connectivity index (χ0v) is 15.4. The van der Waals surface area contributed by atoms with Crippen molar-refractivity contribution < 1.29 is 9.53 Å². The number of hydrogen-bond acceptors (Lipinski definition) is 3. The number of carbonyl (C=O) groups excluding carboxylic acids is 1. The van der Waals surface area contributed by atoms with E-state index in [1.807, 2.05) is 12.2 Å². The zero-order chi connectivity index (χ0) is 18.5. The van der Waals surface area contributed by atoms with Crippen molar-refractivity contribution in [2.24, 2.45) is 0 Å². The maximum atomic E-state index is 12.8. The molecule has 0 atom stereocenters. The molecule has 2 aliphatic rings. The van der Waals surface area contributed by atoms with Crippen molar-refractivity contribution in [2.75, 3.05) is 13.1 Å². The van der Waals surface area contributed by atoms with E-state index < -0.39 is 0 Å². The van der Waals surface area contributed by atoms with Gasteiger partial charge in [-0.05, 0) is 24.1 Å². The van der Waals surface area contributed by atoms with Crippen LogP contribution in [0.5, 0.6) is 0 Å². The lowest BCUT2D eigenvalue weighted by molar-refractivity contribution is 0.0715. The fraction of sp³-hybridized carbons (Fsp3) is 0.300. The monoisotopic (exact) mass is 371 g/mol. The minimum Gasteiger partial charge on any atom is -0.492 e. The number of aromatic nitrogens is 2. The van der Waals surface area contributed by atoms with E-state index in [2.05, 4.69) is 24.3 Å². The van der Waals surface area contributed by atoms with Gasteiger partial charge in [0, 0.05) is 24.5 Å². The lowest BCUT2D eigenvalue weighted by Gasteiger charge is -2.28. The summed E-state index contributed by atoms with van der Waals surface area (Å²) in [5.74, 6) is 0.883. The van der Waals surface area contributed by atoms with E-state index in [1.54, 1.807) is 27.8 Å². The Morgan fingerprint density at radius 3 is 2.96 bits per heavy atom. The SMILES string of the molecule is C=C/C=C(/CN1CCn2nc(COC3=CC=CCC3)cc2C1=O)C(=C)Cl. The predicted molar refractivity (Wildman–Crippen MR) is 103 cm³/mol. The zero-order valence-electron chi connectivity index (χ0n) is 14.7. The van der Waals surface area contributed by atoms with Crippen molar-refractivity contribution in [3.63, 3.8) is 0 Å². The highest BCUT2D eigenvalue weighted by Crippen LogP contribution is 2.20. The van der Waals surface area contributed by atoms with Gasteiger partial charge in [-0.2, -0.15) is 5.10 Å². The molecule has 0 N–H and O–H groups in total. The first-order chi connectivity index (χ1) is 12.6. The van der Waals surface area contributed by atoms with Gasteiger partial charge in [0.05, 0.1) is 12.3 Å². The summed E-state index contributed by atoms with van der Waals surface area (Å²) >= 11 is 6.02. The fourth-order valence-electron chi connectivity index (χ4n) is 2.96. The number of carbonyl (C=O) groups is 1. The van der Waals surface area contributed by atoms with Gasteiger partial charge in [0.2, 0.25) is 0 Å². The van der Waals surface area contributed by atoms with E-state index in [-0.39, 0.29) is 5.91 Å². The maximum Gasteiger partial charge on any atom is 0.272 e. The Balaban J connectivity index is 1.68. The molecule has 0 aromatic carbocycles. The Bertz CT molecular complexity index is 817. The molecule has 26 heavy (non-hydrogen) atoms. The highest BCUT2D eigenvalue weighted by atomic mass is 35.5. The van der Waals surface area contributed by atoms with Gasteiger partial charge in [0.25, 0.3) is 5.91 Å². The van der Waals surface area contributed by atoms with Crippen LogP contribution in [-0.4, -0.2) is 33.7 Å². The van der Waals surface area contributed by atoms with E-state index in [0.717, 1.165) is 29.9 Å². The van der Waals surface area contributed by atoms with Gasteiger partial charge < -0.3 is 9.64 Å². The minimum atomic E-state index is -0.0669. The molecular formula is C20H22ClN3O2. The van der Waals surface area contributed by atoms with E-state index >= 15 is 0 Å². The maximum absolute atomic E-state index is 12.8. The number of fused-ring (bicyclic) bond motifs is 1. The second-order valence-electron chi connectivity index (χ2n) is 6.19. The average molecular weight is 372 g/mol. The summed E-state index contributed by atoms with van der Waals surface area (Å²) in [6.07, 6.45) is 11.4. The van der Waals surface area contributed by atoms with E-state index in [9.17, 15) is 4.79 Å². The van der Waals surface area contributed by atoms with Crippen LogP contribution in [0.2, 0.25) is 0 Å². The molecule has 0 radical (unpaired) electrons. The topological polar surface area (TPSA) is 47.4 Å². The van der Waals surface area contributed by atoms with Crippen LogP contribution in [0.4, 0.5) is 0 Å². The quantitative estimate of drug-likeness (QED) is 0.682. The van der Waals surface area contributed by atoms with Gasteiger partial charge >= 0.3 is 0 Å². The van der Waals surface area contributed by atoms with E-state index in [4.69, 9.17) is 16.3 Å². The number of halogens is 1. The average Bonchev–Trinajstić information content (AvgIpc) is 3.06. The second kappa shape index (κ2) is 8.23. The normalized spacial score (nSPS) is 17.0. The first-order valence-electron chi connectivity index (χ1n) is 8.59. The molecule has 1 aliphatic heterocycles. The molecule has 1 aromatic heterocycles. The van der Waals surface area contributed by atoms with Crippen LogP contribution < -0.4 is 0 Å². The molecule has 0 bridgehead atoms. The molecule has 0 spiro atoms. The van der Waals surface area contributed by atoms with Crippen molar-refractivity contribution in [2.45, 2.75) is 26.0 Å². The predicted octanol–water partition coefficient (Wildman–Crippen LogP) is 3.95. The number of amides is 1. The Labute approximate surface area is 158 Å². The van der Waals surface area contributed by atoms with Crippen molar-refractivity contribution in [3.8, 4) is 0 Å². The van der Waals surface area contributed by atoms with Crippen LogP contribution in [-0.2, 0) is 17.9 Å². The molecular weight excluding hydrogens is 350 g/mol. The molecule has 3 rings (SSSR count). The first kappa shape index (κ1) is 18.3. The van der Waals surface area contributed by atoms with Crippen molar-refractivity contribution in [3.05, 3.63) is 77.4 Å².